The minimum absolute atomic E-state index is 0.216. The highest BCUT2D eigenvalue weighted by atomic mass is 35.5. The third-order valence-corrected chi connectivity index (χ3v) is 4.00. The Kier molecular flexibility index (Phi) is 3.28. The van der Waals surface area contributed by atoms with Crippen LogP contribution in [-0.4, -0.2) is 14.9 Å². The summed E-state index contributed by atoms with van der Waals surface area (Å²) in [5.74, 6) is 0.216. The molecule has 0 aliphatic heterocycles. The summed E-state index contributed by atoms with van der Waals surface area (Å²) in [5.41, 5.74) is 3.62. The van der Waals surface area contributed by atoms with E-state index in [1.54, 1.807) is 12.1 Å². The van der Waals surface area contributed by atoms with Crippen LogP contribution in [0.2, 0.25) is 5.02 Å². The van der Waals surface area contributed by atoms with Crippen molar-refractivity contribution in [1.82, 2.24) is 9.78 Å². The van der Waals surface area contributed by atoms with E-state index in [2.05, 4.69) is 0 Å². The number of nitrogens with zero attached hydrogens (tertiary/aromatic N) is 2. The lowest BCUT2D eigenvalue weighted by Gasteiger charge is -2.02. The van der Waals surface area contributed by atoms with E-state index in [1.807, 2.05) is 65.3 Å². The summed E-state index contributed by atoms with van der Waals surface area (Å²) >= 11 is 6.12. The van der Waals surface area contributed by atoms with E-state index >= 15 is 0 Å². The van der Waals surface area contributed by atoms with Crippen LogP contribution in [0.15, 0.2) is 72.8 Å². The van der Waals surface area contributed by atoms with Crippen molar-refractivity contribution in [3.8, 4) is 22.7 Å². The van der Waals surface area contributed by atoms with Gasteiger partial charge in [0.05, 0.1) is 11.2 Å². The Morgan fingerprint density at radius 2 is 1.70 bits per heavy atom. The van der Waals surface area contributed by atoms with Gasteiger partial charge in [-0.2, -0.15) is 5.10 Å². The third kappa shape index (κ3) is 2.45. The van der Waals surface area contributed by atoms with Gasteiger partial charge in [-0.25, -0.2) is 4.68 Å². The molecule has 0 atom stereocenters. The predicted molar refractivity (Wildman–Crippen MR) is 93.2 cm³/mol. The lowest BCUT2D eigenvalue weighted by atomic mass is 10.1. The molecule has 0 amide bonds. The standard InChI is InChI=1S/C19H13ClN2O/c20-14-6-4-5-13(11-14)19-17-12-16(23)9-10-18(17)22(21-19)15-7-2-1-3-8-15/h1-12,23H. The highest BCUT2D eigenvalue weighted by Crippen LogP contribution is 2.33. The van der Waals surface area contributed by atoms with Gasteiger partial charge in [0, 0.05) is 16.0 Å². The molecule has 1 aromatic heterocycles. The number of phenols is 1. The Bertz CT molecular complexity index is 993. The van der Waals surface area contributed by atoms with Crippen LogP contribution in [0.25, 0.3) is 27.8 Å². The third-order valence-electron chi connectivity index (χ3n) is 3.76. The molecule has 112 valence electrons. The van der Waals surface area contributed by atoms with E-state index in [1.165, 1.54) is 0 Å². The molecule has 0 bridgehead atoms. The molecule has 1 N–H and O–H groups in total. The van der Waals surface area contributed by atoms with Crippen molar-refractivity contribution in [2.24, 2.45) is 0 Å². The number of halogens is 1. The van der Waals surface area contributed by atoms with Crippen molar-refractivity contribution in [3.63, 3.8) is 0 Å². The molecule has 0 spiro atoms. The fraction of sp³-hybridized carbons (Fsp3) is 0. The van der Waals surface area contributed by atoms with Crippen molar-refractivity contribution in [3.05, 3.63) is 77.8 Å². The van der Waals surface area contributed by atoms with Crippen LogP contribution < -0.4 is 0 Å². The summed E-state index contributed by atoms with van der Waals surface area (Å²) in [6, 6.07) is 22.8. The molecule has 4 rings (SSSR count). The Morgan fingerprint density at radius 3 is 2.48 bits per heavy atom. The number of fused-ring (bicyclic) bond motifs is 1. The van der Waals surface area contributed by atoms with Crippen molar-refractivity contribution in [2.75, 3.05) is 0 Å². The fourth-order valence-corrected chi connectivity index (χ4v) is 2.91. The zero-order valence-corrected chi connectivity index (χ0v) is 12.9. The highest BCUT2D eigenvalue weighted by Gasteiger charge is 2.14. The first-order valence-electron chi connectivity index (χ1n) is 7.25. The van der Waals surface area contributed by atoms with E-state index in [-0.39, 0.29) is 5.75 Å². The van der Waals surface area contributed by atoms with Gasteiger partial charge >= 0.3 is 0 Å². The van der Waals surface area contributed by atoms with Crippen LogP contribution in [0, 0.1) is 0 Å². The monoisotopic (exact) mass is 320 g/mol. The molecular formula is C19H13ClN2O. The molecule has 0 fully saturated rings. The Labute approximate surface area is 138 Å². The summed E-state index contributed by atoms with van der Waals surface area (Å²) < 4.78 is 1.88. The van der Waals surface area contributed by atoms with Gasteiger partial charge in [-0.1, -0.05) is 41.9 Å². The summed E-state index contributed by atoms with van der Waals surface area (Å²) in [4.78, 5) is 0. The van der Waals surface area contributed by atoms with E-state index < -0.39 is 0 Å². The van der Waals surface area contributed by atoms with Crippen LogP contribution in [0.1, 0.15) is 0 Å². The first-order valence-corrected chi connectivity index (χ1v) is 7.63. The van der Waals surface area contributed by atoms with Gasteiger partial charge in [0.2, 0.25) is 0 Å². The molecule has 3 nitrogen and oxygen atoms in total. The zero-order chi connectivity index (χ0) is 15.8. The first kappa shape index (κ1) is 13.9. The van der Waals surface area contributed by atoms with Crippen molar-refractivity contribution >= 4 is 22.5 Å². The highest BCUT2D eigenvalue weighted by molar-refractivity contribution is 6.30. The smallest absolute Gasteiger partial charge is 0.116 e. The number of phenolic OH excluding ortho intramolecular Hbond substituents is 1. The maximum absolute atomic E-state index is 9.87. The molecule has 0 aliphatic carbocycles. The maximum atomic E-state index is 9.87. The molecule has 4 aromatic rings. The van der Waals surface area contributed by atoms with E-state index in [4.69, 9.17) is 16.7 Å². The normalized spacial score (nSPS) is 11.0. The topological polar surface area (TPSA) is 38.1 Å². The molecule has 0 saturated carbocycles. The van der Waals surface area contributed by atoms with E-state index in [9.17, 15) is 5.11 Å². The van der Waals surface area contributed by atoms with Crippen molar-refractivity contribution in [2.45, 2.75) is 0 Å². The molecule has 0 saturated heterocycles. The van der Waals surface area contributed by atoms with Gasteiger partial charge in [-0.05, 0) is 42.5 Å². The largest absolute Gasteiger partial charge is 0.508 e. The Hall–Kier alpha value is -2.78. The van der Waals surface area contributed by atoms with E-state index in [0.717, 1.165) is 27.8 Å². The van der Waals surface area contributed by atoms with Gasteiger partial charge in [0.1, 0.15) is 11.4 Å². The number of hydrogen-bond donors (Lipinski definition) is 1. The molecule has 3 aromatic carbocycles. The predicted octanol–water partition coefficient (Wildman–Crippen LogP) is 5.05. The van der Waals surface area contributed by atoms with Gasteiger partial charge < -0.3 is 5.11 Å². The first-order chi connectivity index (χ1) is 11.2. The lowest BCUT2D eigenvalue weighted by Crippen LogP contribution is -1.95. The Morgan fingerprint density at radius 1 is 0.870 bits per heavy atom. The number of benzene rings is 3. The van der Waals surface area contributed by atoms with Crippen LogP contribution in [-0.2, 0) is 0 Å². The summed E-state index contributed by atoms with van der Waals surface area (Å²) in [6.45, 7) is 0. The second-order valence-corrected chi connectivity index (χ2v) is 5.74. The number of aromatic hydroxyl groups is 1. The minimum Gasteiger partial charge on any atom is -0.508 e. The van der Waals surface area contributed by atoms with Crippen LogP contribution >= 0.6 is 11.6 Å². The SMILES string of the molecule is Oc1ccc2c(c1)c(-c1cccc(Cl)c1)nn2-c1ccccc1. The zero-order valence-electron chi connectivity index (χ0n) is 12.1. The van der Waals surface area contributed by atoms with Gasteiger partial charge in [-0.3, -0.25) is 0 Å². The number of hydrogen-bond acceptors (Lipinski definition) is 2. The number of rotatable bonds is 2. The van der Waals surface area contributed by atoms with Crippen LogP contribution in [0.3, 0.4) is 0 Å². The molecule has 1 heterocycles. The van der Waals surface area contributed by atoms with Gasteiger partial charge in [-0.15, -0.1) is 0 Å². The maximum Gasteiger partial charge on any atom is 0.116 e. The number of para-hydroxylation sites is 1. The van der Waals surface area contributed by atoms with Gasteiger partial charge in [0.15, 0.2) is 0 Å². The molecule has 0 radical (unpaired) electrons. The summed E-state index contributed by atoms with van der Waals surface area (Å²) in [5, 5.41) is 16.2. The molecular weight excluding hydrogens is 308 g/mol. The molecule has 23 heavy (non-hydrogen) atoms. The average Bonchev–Trinajstić information content (AvgIpc) is 2.94. The van der Waals surface area contributed by atoms with E-state index in [0.29, 0.717) is 5.02 Å². The Balaban J connectivity index is 2.03. The van der Waals surface area contributed by atoms with Crippen LogP contribution in [0.4, 0.5) is 0 Å². The summed E-state index contributed by atoms with van der Waals surface area (Å²) in [7, 11) is 0. The fourth-order valence-electron chi connectivity index (χ4n) is 2.72. The quantitative estimate of drug-likeness (QED) is 0.561. The number of aromatic nitrogens is 2. The van der Waals surface area contributed by atoms with Crippen molar-refractivity contribution in [1.29, 1.82) is 0 Å². The second kappa shape index (κ2) is 5.45. The molecule has 0 aliphatic rings. The molecule has 0 unspecified atom stereocenters. The van der Waals surface area contributed by atoms with Crippen molar-refractivity contribution < 1.29 is 5.11 Å². The minimum atomic E-state index is 0.216. The van der Waals surface area contributed by atoms with Crippen LogP contribution in [0.5, 0.6) is 5.75 Å². The summed E-state index contributed by atoms with van der Waals surface area (Å²) in [6.07, 6.45) is 0. The second-order valence-electron chi connectivity index (χ2n) is 5.31. The lowest BCUT2D eigenvalue weighted by molar-refractivity contribution is 0.476. The van der Waals surface area contributed by atoms with Gasteiger partial charge in [0.25, 0.3) is 0 Å². The average molecular weight is 321 g/mol. The molecule has 4 heteroatoms.